The maximum absolute atomic E-state index is 7.79. The van der Waals surface area contributed by atoms with E-state index >= 15 is 0 Å². The second-order valence-electron chi connectivity index (χ2n) is 3.18. The molecule has 0 fully saturated rings. The van der Waals surface area contributed by atoms with E-state index in [-0.39, 0.29) is 53.4 Å². The highest BCUT2D eigenvalue weighted by molar-refractivity contribution is 5.43. The minimum absolute atomic E-state index is 0.116. The smallest absolute Gasteiger partial charge is 0.156 e. The minimum Gasteiger partial charge on any atom is -0.399 e. The molecule has 4 N–H and O–H groups in total. The molecule has 0 radical (unpaired) electrons. The monoisotopic (exact) mass is 206 g/mol. The van der Waals surface area contributed by atoms with Crippen LogP contribution in [0.25, 0.3) is 0 Å². The van der Waals surface area contributed by atoms with Gasteiger partial charge in [0.15, 0.2) is 5.65 Å². The molecular weight excluding hydrogens is 184 g/mol. The first-order chi connectivity index (χ1) is 10.7. The summed E-state index contributed by atoms with van der Waals surface area (Å²) in [6.07, 6.45) is 0.266. The molecule has 0 aromatic heterocycles. The van der Waals surface area contributed by atoms with E-state index in [9.17, 15) is 0 Å². The van der Waals surface area contributed by atoms with E-state index in [0.717, 1.165) is 0 Å². The Kier molecular flexibility index (Phi) is 1.05. The summed E-state index contributed by atoms with van der Waals surface area (Å²) in [5.74, 6) is 0. The lowest BCUT2D eigenvalue weighted by molar-refractivity contribution is 1.19. The summed E-state index contributed by atoms with van der Waals surface area (Å²) >= 11 is 0. The third-order valence-corrected chi connectivity index (χ3v) is 1.99. The van der Waals surface area contributed by atoms with Crippen LogP contribution in [0.2, 0.25) is 5.65 Å². The first-order valence-electron chi connectivity index (χ1n) is 8.25. The highest BCUT2D eigenvalue weighted by atomic mass is 14.5. The Hall–Kier alpha value is -1.96. The van der Waals surface area contributed by atoms with Crippen LogP contribution >= 0.6 is 0 Å². The second-order valence-corrected chi connectivity index (χ2v) is 3.18. The van der Waals surface area contributed by atoms with E-state index in [0.29, 0.717) is 11.1 Å². The third kappa shape index (κ3) is 2.50. The first-order valence-corrected chi connectivity index (χ1v) is 4.46. The van der Waals surface area contributed by atoms with Crippen molar-refractivity contribution in [3.8, 4) is 0 Å². The number of nitrogens with two attached hydrogens (primary N) is 2. The lowest BCUT2D eigenvalue weighted by Crippen LogP contribution is -1.90. The van der Waals surface area contributed by atoms with Gasteiger partial charge in [0.25, 0.3) is 0 Å². The number of rotatable bonds is 4. The molecule has 0 spiro atoms. The predicted molar refractivity (Wildman–Crippen MR) is 64.5 cm³/mol. The van der Waals surface area contributed by atoms with E-state index in [2.05, 4.69) is 0 Å². The normalized spacial score (nSPS) is 17.1. The van der Waals surface area contributed by atoms with Crippen LogP contribution in [-0.4, -0.2) is 0 Å². The molecule has 2 heteroatoms. The summed E-state index contributed by atoms with van der Waals surface area (Å²) in [7, 11) is 0. The highest BCUT2D eigenvalue weighted by Gasteiger charge is 1.95. The van der Waals surface area contributed by atoms with Crippen LogP contribution in [0.4, 0.5) is 11.4 Å². The molecule has 0 aliphatic rings. The van der Waals surface area contributed by atoms with Gasteiger partial charge in [0, 0.05) is 11.4 Å². The Morgan fingerprint density at radius 1 is 0.867 bits per heavy atom. The number of benzene rings is 2. The molecule has 2 aromatic carbocycles. The number of anilines is 2. The molecule has 0 aliphatic heterocycles. The largest absolute Gasteiger partial charge is 0.399 e. The Morgan fingerprint density at radius 2 is 1.27 bits per heavy atom. The van der Waals surface area contributed by atoms with Gasteiger partial charge in [0.2, 0.25) is 0 Å². The average molecular weight is 206 g/mol. The Labute approximate surface area is 101 Å². The van der Waals surface area contributed by atoms with E-state index in [1.807, 2.05) is 0 Å². The van der Waals surface area contributed by atoms with Crippen LogP contribution in [0, 0.1) is 0 Å². The zero-order valence-corrected chi connectivity index (χ0v) is 7.91. The molecule has 0 saturated carbocycles. The number of nitrogen functional groups attached to an aromatic ring is 2. The van der Waals surface area contributed by atoms with Gasteiger partial charge in [-0.05, 0) is 41.7 Å². The van der Waals surface area contributed by atoms with Gasteiger partial charge in [-0.1, -0.05) is 24.3 Å². The predicted octanol–water partition coefficient (Wildman–Crippen LogP) is 2.44. The lowest BCUT2D eigenvalue weighted by atomic mass is 10.0. The van der Waals surface area contributed by atoms with Gasteiger partial charge in [-0.2, -0.15) is 0 Å². The minimum atomic E-state index is -0.120. The van der Waals surface area contributed by atoms with Gasteiger partial charge in [-0.15, -0.1) is 0 Å². The topological polar surface area (TPSA) is 52.0 Å². The molecule has 0 amide bonds. The van der Waals surface area contributed by atoms with Crippen molar-refractivity contribution in [2.24, 2.45) is 0 Å². The number of hydrogen-bond donors (Lipinski definition) is 2. The van der Waals surface area contributed by atoms with Crippen molar-refractivity contribution >= 4 is 11.4 Å². The maximum Gasteiger partial charge on any atom is 0.156 e. The van der Waals surface area contributed by atoms with Gasteiger partial charge < -0.3 is 11.4 Å². The van der Waals surface area contributed by atoms with Gasteiger partial charge in [-0.3, -0.25) is 0 Å². The van der Waals surface area contributed by atoms with Crippen LogP contribution in [0.5, 0.6) is 0 Å². The average Bonchev–Trinajstić information content (AvgIpc) is 2.35. The summed E-state index contributed by atoms with van der Waals surface area (Å²) in [5.41, 5.74) is 1.39. The van der Waals surface area contributed by atoms with Crippen molar-refractivity contribution in [3.63, 3.8) is 0 Å². The first kappa shape index (κ1) is 3.89. The third-order valence-electron chi connectivity index (χ3n) is 1.99. The molecule has 0 atom stereocenters. The van der Waals surface area contributed by atoms with Crippen molar-refractivity contribution in [2.45, 2.75) is 6.42 Å². The van der Waals surface area contributed by atoms with Gasteiger partial charge in [0.1, 0.15) is 0 Å². The van der Waals surface area contributed by atoms with E-state index in [4.69, 9.17) is 11.1 Å². The molecule has 2 aromatic rings. The van der Waals surface area contributed by atoms with Crippen LogP contribution in [-0.2, 0) is 6.42 Å². The van der Waals surface area contributed by atoms with Gasteiger partial charge in [0.05, 0.1) is 5.48 Å². The van der Waals surface area contributed by atoms with E-state index in [1.54, 1.807) is 0 Å². The van der Waals surface area contributed by atoms with E-state index < -0.39 is 0 Å². The van der Waals surface area contributed by atoms with Crippen molar-refractivity contribution < 1.29 is 11.1 Å². The highest BCUT2D eigenvalue weighted by Crippen LogP contribution is 2.13. The van der Waals surface area contributed by atoms with E-state index in [1.165, 1.54) is 24.3 Å². The van der Waals surface area contributed by atoms with Crippen LogP contribution in [0.3, 0.4) is 0 Å². The molecule has 76 valence electrons. The fourth-order valence-corrected chi connectivity index (χ4v) is 1.25. The van der Waals surface area contributed by atoms with Crippen LogP contribution in [0.1, 0.15) is 16.6 Å². The quantitative estimate of drug-likeness (QED) is 0.755. The van der Waals surface area contributed by atoms with Crippen LogP contribution in [0.15, 0.2) is 48.4 Å². The second kappa shape index (κ2) is 4.05. The Balaban J connectivity index is 2.37. The summed E-state index contributed by atoms with van der Waals surface area (Å²) in [4.78, 5) is 0. The molecule has 0 unspecified atom stereocenters. The van der Waals surface area contributed by atoms with Crippen molar-refractivity contribution in [1.29, 1.82) is 0 Å². The summed E-state index contributed by atoms with van der Waals surface area (Å²) in [6, 6.07) is 5.28. The summed E-state index contributed by atoms with van der Waals surface area (Å²) < 4.78 is 59.9. The fourth-order valence-electron chi connectivity index (χ4n) is 1.25. The molecule has 2 nitrogen and oxygen atoms in total. The standard InChI is InChI=1S/C13H14N2/c14-12-5-1-10(2-6-12)9-11-3-7-13(15)8-4-11/h1-8H,9,14-15H2/i5D,6D,7D,8D/hD4. The Morgan fingerprint density at radius 3 is 1.60 bits per heavy atom. The number of hydrogen-bond acceptors (Lipinski definition) is 2. The summed E-state index contributed by atoms with van der Waals surface area (Å²) in [5, 5.41) is 0. The molecule has 0 saturated heterocycles. The maximum atomic E-state index is 7.79. The zero-order chi connectivity index (χ0) is 17.3. The van der Waals surface area contributed by atoms with Gasteiger partial charge >= 0.3 is 0 Å². The Bertz CT molecular complexity index is 624. The molecule has 2 rings (SSSR count). The summed E-state index contributed by atoms with van der Waals surface area (Å²) in [6.45, 7) is 0. The lowest BCUT2D eigenvalue weighted by Gasteiger charge is -2.02. The molecule has 0 bridgehead atoms. The van der Waals surface area contributed by atoms with Crippen molar-refractivity contribution in [1.82, 2.24) is 0 Å². The fraction of sp³-hybridized carbons (Fsp3) is 0.0769. The molecule has 15 heavy (non-hydrogen) atoms. The molecule has 0 heterocycles. The van der Waals surface area contributed by atoms with Gasteiger partial charge in [-0.25, -0.2) is 0 Å². The van der Waals surface area contributed by atoms with Crippen molar-refractivity contribution in [3.05, 3.63) is 59.6 Å². The molecular formula is C13H14N2. The molecule has 0 aliphatic carbocycles. The zero-order valence-electron chi connectivity index (χ0n) is 15.9. The SMILES string of the molecule is [2H]c1cc(Cc2cc([2H])c(N([2H])[2H])c([2H])c2)cc([2H])c1N([2H])[2H]. The van der Waals surface area contributed by atoms with Crippen LogP contribution < -0.4 is 11.4 Å². The van der Waals surface area contributed by atoms with Crippen molar-refractivity contribution in [2.75, 3.05) is 11.4 Å².